The highest BCUT2D eigenvalue weighted by molar-refractivity contribution is 5.89. The average Bonchev–Trinajstić information content (AvgIpc) is 3.14. The van der Waals surface area contributed by atoms with Gasteiger partial charge in [0.05, 0.1) is 12.9 Å². The van der Waals surface area contributed by atoms with Crippen LogP contribution in [0.2, 0.25) is 0 Å². The maximum Gasteiger partial charge on any atom is 0.321 e. The van der Waals surface area contributed by atoms with Crippen molar-refractivity contribution in [1.29, 1.82) is 0 Å². The van der Waals surface area contributed by atoms with E-state index in [0.29, 0.717) is 25.7 Å². The Morgan fingerprint density at radius 2 is 1.96 bits per heavy atom. The molecular weight excluding hydrogens is 342 g/mol. The van der Waals surface area contributed by atoms with Gasteiger partial charge in [-0.15, -0.1) is 0 Å². The summed E-state index contributed by atoms with van der Waals surface area (Å²) in [5.41, 5.74) is 2.60. The van der Waals surface area contributed by atoms with Crippen LogP contribution in [-0.4, -0.2) is 45.2 Å². The molecular formula is C20H23N5O2. The number of fused-ring (bicyclic) bond motifs is 1. The van der Waals surface area contributed by atoms with Gasteiger partial charge in [0.2, 0.25) is 0 Å². The molecule has 1 aliphatic heterocycles. The Hall–Kier alpha value is -3.09. The molecule has 0 saturated carbocycles. The third-order valence-electron chi connectivity index (χ3n) is 4.89. The number of nitrogens with one attached hydrogen (secondary N) is 1. The maximum absolute atomic E-state index is 12.5. The number of ether oxygens (including phenoxy) is 1. The molecule has 0 spiro atoms. The lowest BCUT2D eigenvalue weighted by Crippen LogP contribution is -2.41. The summed E-state index contributed by atoms with van der Waals surface area (Å²) in [6.07, 6.45) is 5.43. The largest absolute Gasteiger partial charge is 0.494 e. The highest BCUT2D eigenvalue weighted by Crippen LogP contribution is 2.26. The second-order valence-corrected chi connectivity index (χ2v) is 6.60. The van der Waals surface area contributed by atoms with E-state index in [1.165, 1.54) is 0 Å². The molecule has 7 heteroatoms. The quantitative estimate of drug-likeness (QED) is 0.765. The lowest BCUT2D eigenvalue weighted by molar-refractivity contribution is 0.184. The van der Waals surface area contributed by atoms with Crippen molar-refractivity contribution in [2.45, 2.75) is 25.8 Å². The molecule has 1 aliphatic rings. The van der Waals surface area contributed by atoms with Gasteiger partial charge in [-0.3, -0.25) is 0 Å². The van der Waals surface area contributed by atoms with Crippen LogP contribution in [0.4, 0.5) is 10.5 Å². The number of aromatic nitrogens is 3. The van der Waals surface area contributed by atoms with E-state index in [-0.39, 0.29) is 6.03 Å². The number of amides is 2. The standard InChI is InChI=1S/C20H23N5O2/c1-2-27-17-7-5-15(6-8-17)23-20(26)24-12-9-16(10-13-24)25-14-22-18-4-3-11-21-19(18)25/h3-8,11,14,16H,2,9-10,12-13H2,1H3,(H,23,26). The van der Waals surface area contributed by atoms with Crippen LogP contribution >= 0.6 is 0 Å². The summed E-state index contributed by atoms with van der Waals surface area (Å²) in [5, 5.41) is 2.96. The number of piperidine rings is 1. The molecule has 0 aliphatic carbocycles. The minimum atomic E-state index is -0.0637. The van der Waals surface area contributed by atoms with Crippen molar-refractivity contribution in [3.63, 3.8) is 0 Å². The zero-order valence-electron chi connectivity index (χ0n) is 15.3. The Labute approximate surface area is 158 Å². The van der Waals surface area contributed by atoms with Crippen LogP contribution in [0.3, 0.4) is 0 Å². The second kappa shape index (κ2) is 7.65. The number of hydrogen-bond acceptors (Lipinski definition) is 4. The van der Waals surface area contributed by atoms with Crippen molar-refractivity contribution in [3.8, 4) is 5.75 Å². The number of carbonyl (C=O) groups excluding carboxylic acids is 1. The number of imidazole rings is 1. The molecule has 0 atom stereocenters. The van der Waals surface area contributed by atoms with E-state index >= 15 is 0 Å². The van der Waals surface area contributed by atoms with Crippen molar-refractivity contribution in [2.24, 2.45) is 0 Å². The van der Waals surface area contributed by atoms with Crippen LogP contribution in [0, 0.1) is 0 Å². The molecule has 140 valence electrons. The van der Waals surface area contributed by atoms with Gasteiger partial charge in [-0.05, 0) is 56.2 Å². The summed E-state index contributed by atoms with van der Waals surface area (Å²) >= 11 is 0. The van der Waals surface area contributed by atoms with Crippen LogP contribution < -0.4 is 10.1 Å². The van der Waals surface area contributed by atoms with Crippen molar-refractivity contribution < 1.29 is 9.53 Å². The van der Waals surface area contributed by atoms with Crippen molar-refractivity contribution in [1.82, 2.24) is 19.4 Å². The van der Waals surface area contributed by atoms with Gasteiger partial charge in [-0.1, -0.05) is 0 Å². The Morgan fingerprint density at radius 1 is 1.19 bits per heavy atom. The van der Waals surface area contributed by atoms with Gasteiger partial charge < -0.3 is 19.5 Å². The molecule has 3 heterocycles. The first kappa shape index (κ1) is 17.3. The minimum Gasteiger partial charge on any atom is -0.494 e. The van der Waals surface area contributed by atoms with Gasteiger partial charge >= 0.3 is 6.03 Å². The van der Waals surface area contributed by atoms with Gasteiger partial charge in [-0.2, -0.15) is 0 Å². The minimum absolute atomic E-state index is 0.0637. The zero-order chi connectivity index (χ0) is 18.6. The fourth-order valence-electron chi connectivity index (χ4n) is 3.49. The first-order chi connectivity index (χ1) is 13.2. The molecule has 0 bridgehead atoms. The average molecular weight is 365 g/mol. The molecule has 2 amide bonds. The van der Waals surface area contributed by atoms with E-state index in [9.17, 15) is 4.79 Å². The van der Waals surface area contributed by atoms with E-state index in [1.54, 1.807) is 6.20 Å². The fourth-order valence-corrected chi connectivity index (χ4v) is 3.49. The SMILES string of the molecule is CCOc1ccc(NC(=O)N2CCC(n3cnc4cccnc43)CC2)cc1. The Kier molecular flexibility index (Phi) is 4.91. The summed E-state index contributed by atoms with van der Waals surface area (Å²) in [4.78, 5) is 23.3. The number of urea groups is 1. The maximum atomic E-state index is 12.5. The zero-order valence-corrected chi connectivity index (χ0v) is 15.3. The van der Waals surface area contributed by atoms with Crippen molar-refractivity contribution >= 4 is 22.9 Å². The van der Waals surface area contributed by atoms with Crippen LogP contribution in [0.1, 0.15) is 25.8 Å². The number of nitrogens with zero attached hydrogens (tertiary/aromatic N) is 4. The first-order valence-electron chi connectivity index (χ1n) is 9.31. The third-order valence-corrected chi connectivity index (χ3v) is 4.89. The van der Waals surface area contributed by atoms with Crippen LogP contribution in [0.5, 0.6) is 5.75 Å². The third kappa shape index (κ3) is 3.72. The van der Waals surface area contributed by atoms with Crippen LogP contribution in [0.15, 0.2) is 48.9 Å². The van der Waals surface area contributed by atoms with E-state index in [0.717, 1.165) is 35.4 Å². The highest BCUT2D eigenvalue weighted by atomic mass is 16.5. The topological polar surface area (TPSA) is 72.3 Å². The Balaban J connectivity index is 1.35. The molecule has 4 rings (SSSR count). The normalized spacial score (nSPS) is 15.1. The second-order valence-electron chi connectivity index (χ2n) is 6.60. The van der Waals surface area contributed by atoms with Crippen molar-refractivity contribution in [3.05, 3.63) is 48.9 Å². The summed E-state index contributed by atoms with van der Waals surface area (Å²) in [6, 6.07) is 11.6. The van der Waals surface area contributed by atoms with Gasteiger partial charge in [0.15, 0.2) is 5.65 Å². The molecule has 1 aromatic carbocycles. The summed E-state index contributed by atoms with van der Waals surface area (Å²) < 4.78 is 7.56. The number of rotatable bonds is 4. The molecule has 1 saturated heterocycles. The smallest absolute Gasteiger partial charge is 0.321 e. The number of anilines is 1. The number of hydrogen-bond donors (Lipinski definition) is 1. The molecule has 0 unspecified atom stereocenters. The Morgan fingerprint density at radius 3 is 2.70 bits per heavy atom. The first-order valence-corrected chi connectivity index (χ1v) is 9.31. The molecule has 1 N–H and O–H groups in total. The summed E-state index contributed by atoms with van der Waals surface area (Å²) in [5.74, 6) is 0.803. The predicted molar refractivity (Wildman–Crippen MR) is 104 cm³/mol. The molecule has 7 nitrogen and oxygen atoms in total. The number of pyridine rings is 1. The van der Waals surface area contributed by atoms with Gasteiger partial charge in [0.1, 0.15) is 11.3 Å². The van der Waals surface area contributed by atoms with E-state index in [1.807, 2.05) is 54.5 Å². The van der Waals surface area contributed by atoms with Gasteiger partial charge in [0.25, 0.3) is 0 Å². The Bertz CT molecular complexity index is 914. The molecule has 27 heavy (non-hydrogen) atoms. The number of carbonyl (C=O) groups is 1. The van der Waals surface area contributed by atoms with Crippen LogP contribution in [0.25, 0.3) is 11.2 Å². The monoisotopic (exact) mass is 365 g/mol. The van der Waals surface area contributed by atoms with E-state index < -0.39 is 0 Å². The fraction of sp³-hybridized carbons (Fsp3) is 0.350. The highest BCUT2D eigenvalue weighted by Gasteiger charge is 2.25. The molecule has 2 aromatic heterocycles. The molecule has 0 radical (unpaired) electrons. The van der Waals surface area contributed by atoms with Crippen molar-refractivity contribution in [2.75, 3.05) is 25.0 Å². The van der Waals surface area contributed by atoms with Gasteiger partial charge in [-0.25, -0.2) is 14.8 Å². The summed E-state index contributed by atoms with van der Waals surface area (Å²) in [7, 11) is 0. The van der Waals surface area contributed by atoms with E-state index in [4.69, 9.17) is 4.74 Å². The van der Waals surface area contributed by atoms with Gasteiger partial charge in [0, 0.05) is 31.0 Å². The van der Waals surface area contributed by atoms with Crippen LogP contribution in [-0.2, 0) is 0 Å². The predicted octanol–water partition coefficient (Wildman–Crippen LogP) is 3.70. The molecule has 1 fully saturated rings. The summed E-state index contributed by atoms with van der Waals surface area (Å²) in [6.45, 7) is 3.99. The van der Waals surface area contributed by atoms with E-state index in [2.05, 4.69) is 19.9 Å². The molecule has 3 aromatic rings. The lowest BCUT2D eigenvalue weighted by Gasteiger charge is -2.32. The number of benzene rings is 1. The lowest BCUT2D eigenvalue weighted by atomic mass is 10.1. The number of likely N-dealkylation sites (tertiary alicyclic amines) is 1.